The molecule has 1 aromatic heterocycles. The molecule has 0 fully saturated rings. The summed E-state index contributed by atoms with van der Waals surface area (Å²) in [6.07, 6.45) is 7.35. The minimum absolute atomic E-state index is 0.0684. The van der Waals surface area contributed by atoms with E-state index in [1.165, 1.54) is 0 Å². The van der Waals surface area contributed by atoms with Crippen molar-refractivity contribution in [3.05, 3.63) is 177 Å². The number of Topliss-reactive ketones (excluding diaryl/α,β-unsaturated/α-hetero) is 1. The first kappa shape index (κ1) is 45.6. The van der Waals surface area contributed by atoms with E-state index in [0.717, 1.165) is 67.1 Å². The van der Waals surface area contributed by atoms with Gasteiger partial charge >= 0.3 is 11.5 Å². The Morgan fingerprint density at radius 1 is 0.531 bits per heavy atom. The van der Waals surface area contributed by atoms with Gasteiger partial charge in [-0.1, -0.05) is 132 Å². The van der Waals surface area contributed by atoms with Crippen molar-refractivity contribution in [2.75, 3.05) is 14.2 Å². The molecule has 0 saturated heterocycles. The summed E-state index contributed by atoms with van der Waals surface area (Å²) < 4.78 is 25.5. The molecule has 0 bridgehead atoms. The van der Waals surface area contributed by atoms with Crippen LogP contribution in [0.3, 0.4) is 0 Å². The summed E-state index contributed by atoms with van der Waals surface area (Å²) in [5.41, 5.74) is 8.83. The molecular formula is C58H63O6+. The van der Waals surface area contributed by atoms with E-state index in [4.69, 9.17) is 18.6 Å². The molecule has 330 valence electrons. The number of carbonyl (C=O) groups is 1. The van der Waals surface area contributed by atoms with E-state index >= 15 is 0 Å². The van der Waals surface area contributed by atoms with Crippen LogP contribution in [0.1, 0.15) is 122 Å². The SMILES string of the molecule is COc1c(C(C)(C)C)cc(C2=CC(=CC3=C(O)C(=Cc4cc(-c5ccccc5)[o+]c(-c5cc(C(C)(C)C)c(OC)c(C(C)(C)C)c5)c4)C3=O)C=C(c3ccccc3)O2)cc1C(C)(C)C. The number of methoxy groups -OCH3 is 2. The van der Waals surface area contributed by atoms with Crippen molar-refractivity contribution < 1.29 is 28.5 Å². The molecule has 0 atom stereocenters. The third-order valence-corrected chi connectivity index (χ3v) is 11.8. The van der Waals surface area contributed by atoms with Gasteiger partial charge in [-0.05, 0) is 93.5 Å². The molecule has 0 amide bonds. The number of carbonyl (C=O) groups excluding carboxylic acids is 1. The van der Waals surface area contributed by atoms with Crippen LogP contribution in [0, 0.1) is 0 Å². The summed E-state index contributed by atoms with van der Waals surface area (Å²) >= 11 is 0. The van der Waals surface area contributed by atoms with Crippen molar-refractivity contribution in [3.8, 4) is 34.1 Å². The van der Waals surface area contributed by atoms with Crippen LogP contribution in [0.15, 0.2) is 142 Å². The molecule has 2 heterocycles. The van der Waals surface area contributed by atoms with Gasteiger partial charge in [-0.2, -0.15) is 0 Å². The number of aliphatic hydroxyl groups excluding tert-OH is 1. The number of allylic oxidation sites excluding steroid dienone is 6. The lowest BCUT2D eigenvalue weighted by atomic mass is 9.78. The van der Waals surface area contributed by atoms with Gasteiger partial charge in [0.25, 0.3) is 0 Å². The van der Waals surface area contributed by atoms with Crippen LogP contribution in [0.4, 0.5) is 0 Å². The first-order valence-corrected chi connectivity index (χ1v) is 22.1. The van der Waals surface area contributed by atoms with Crippen molar-refractivity contribution in [2.45, 2.75) is 105 Å². The van der Waals surface area contributed by atoms with E-state index in [9.17, 15) is 9.90 Å². The van der Waals surface area contributed by atoms with Crippen molar-refractivity contribution in [3.63, 3.8) is 0 Å². The Morgan fingerprint density at radius 3 is 1.36 bits per heavy atom. The van der Waals surface area contributed by atoms with E-state index in [1.807, 2.05) is 84.9 Å². The third kappa shape index (κ3) is 9.29. The molecule has 4 aromatic carbocycles. The molecule has 6 nitrogen and oxygen atoms in total. The summed E-state index contributed by atoms with van der Waals surface area (Å²) in [6.45, 7) is 26.1. The van der Waals surface area contributed by atoms with Crippen LogP contribution in [0.25, 0.3) is 40.2 Å². The first-order chi connectivity index (χ1) is 30.0. The highest BCUT2D eigenvalue weighted by molar-refractivity contribution is 6.23. The summed E-state index contributed by atoms with van der Waals surface area (Å²) in [6, 6.07) is 32.2. The van der Waals surface area contributed by atoms with Crippen molar-refractivity contribution in [1.82, 2.24) is 0 Å². The molecular weight excluding hydrogens is 793 g/mol. The summed E-state index contributed by atoms with van der Waals surface area (Å²) in [7, 11) is 3.46. The predicted octanol–water partition coefficient (Wildman–Crippen LogP) is 14.9. The highest BCUT2D eigenvalue weighted by Gasteiger charge is 2.35. The van der Waals surface area contributed by atoms with Gasteiger partial charge < -0.3 is 19.3 Å². The zero-order chi connectivity index (χ0) is 46.5. The fourth-order valence-electron chi connectivity index (χ4n) is 8.24. The maximum absolute atomic E-state index is 14.2. The van der Waals surface area contributed by atoms with Gasteiger partial charge in [0.15, 0.2) is 0 Å². The molecule has 5 aromatic rings. The van der Waals surface area contributed by atoms with Crippen LogP contribution >= 0.6 is 0 Å². The monoisotopic (exact) mass is 855 g/mol. The summed E-state index contributed by atoms with van der Waals surface area (Å²) in [5, 5.41) is 11.7. The topological polar surface area (TPSA) is 76.3 Å². The van der Waals surface area contributed by atoms with Crippen LogP contribution < -0.4 is 9.47 Å². The van der Waals surface area contributed by atoms with E-state index in [-0.39, 0.29) is 44.3 Å². The lowest BCUT2D eigenvalue weighted by molar-refractivity contribution is -0.113. The smallest absolute Gasteiger partial charge is 0.361 e. The highest BCUT2D eigenvalue weighted by Crippen LogP contribution is 2.46. The second-order valence-electron chi connectivity index (χ2n) is 21.0. The van der Waals surface area contributed by atoms with Gasteiger partial charge in [0.1, 0.15) is 28.8 Å². The second kappa shape index (κ2) is 17.0. The Bertz CT molecular complexity index is 2710. The van der Waals surface area contributed by atoms with Crippen LogP contribution in [0.2, 0.25) is 0 Å². The van der Waals surface area contributed by atoms with E-state index in [1.54, 1.807) is 26.4 Å². The number of ketones is 1. The Balaban J connectivity index is 1.36. The van der Waals surface area contributed by atoms with Gasteiger partial charge in [-0.3, -0.25) is 4.79 Å². The Hall–Kier alpha value is -6.40. The maximum Gasteiger partial charge on any atom is 0.361 e. The quantitative estimate of drug-likeness (QED) is 0.124. The standard InChI is InChI=1S/C58H62O6/c1-55(2,3)43-31-39(32-44(53(43)61-13)56(4,5)6)49-29-35(27-47(63-49)37-21-17-15-18-22-37)25-41-51(59)42(52(41)60)26-36-28-48(38-23-19-16-20-24-38)64-50(30-36)40-33-45(57(7,8)9)54(62-14)46(34-40)58(10,11)12/h15-34H,1-14H3/p+1. The third-order valence-electron chi connectivity index (χ3n) is 11.8. The van der Waals surface area contributed by atoms with Crippen LogP contribution in [-0.2, 0) is 31.2 Å². The summed E-state index contributed by atoms with van der Waals surface area (Å²) in [4.78, 5) is 14.2. The zero-order valence-electron chi connectivity index (χ0n) is 40.0. The maximum atomic E-state index is 14.2. The van der Waals surface area contributed by atoms with E-state index in [2.05, 4.69) is 107 Å². The minimum atomic E-state index is -0.256. The number of benzene rings is 4. The molecule has 1 aliphatic heterocycles. The Morgan fingerprint density at radius 2 is 0.938 bits per heavy atom. The lowest BCUT2D eigenvalue weighted by Gasteiger charge is -2.30. The van der Waals surface area contributed by atoms with Gasteiger partial charge in [0, 0.05) is 33.4 Å². The Kier molecular flexibility index (Phi) is 12.1. The molecule has 64 heavy (non-hydrogen) atoms. The number of ether oxygens (including phenoxy) is 3. The highest BCUT2D eigenvalue weighted by atomic mass is 16.5. The van der Waals surface area contributed by atoms with Crippen molar-refractivity contribution in [2.24, 2.45) is 0 Å². The molecule has 0 saturated carbocycles. The zero-order valence-corrected chi connectivity index (χ0v) is 40.0. The average Bonchev–Trinajstić information content (AvgIpc) is 3.25. The molecule has 6 heteroatoms. The van der Waals surface area contributed by atoms with Gasteiger partial charge in [0.2, 0.25) is 5.78 Å². The van der Waals surface area contributed by atoms with Crippen LogP contribution in [-0.4, -0.2) is 25.1 Å². The minimum Gasteiger partial charge on any atom is -0.506 e. The average molecular weight is 856 g/mol. The molecule has 7 rings (SSSR count). The Labute approximate surface area is 380 Å². The first-order valence-electron chi connectivity index (χ1n) is 22.1. The fraction of sp³-hybridized carbons (Fsp3) is 0.310. The number of rotatable bonds is 8. The molecule has 1 N–H and O–H groups in total. The van der Waals surface area contributed by atoms with Gasteiger partial charge in [0.05, 0.1) is 48.6 Å². The number of hydrogen-bond donors (Lipinski definition) is 1. The molecule has 0 spiro atoms. The van der Waals surface area contributed by atoms with E-state index < -0.39 is 0 Å². The normalized spacial score (nSPS) is 16.1. The lowest BCUT2D eigenvalue weighted by Crippen LogP contribution is -2.21. The summed E-state index contributed by atoms with van der Waals surface area (Å²) in [5.74, 6) is 3.94. The van der Waals surface area contributed by atoms with Crippen molar-refractivity contribution in [1.29, 1.82) is 0 Å². The number of aliphatic hydroxyl groups is 1. The number of hydrogen-bond acceptors (Lipinski definition) is 5. The molecule has 2 aliphatic rings. The largest absolute Gasteiger partial charge is 0.506 e. The molecule has 0 radical (unpaired) electrons. The van der Waals surface area contributed by atoms with E-state index in [0.29, 0.717) is 23.0 Å². The molecule has 0 unspecified atom stereocenters. The predicted molar refractivity (Wildman–Crippen MR) is 263 cm³/mol. The van der Waals surface area contributed by atoms with Gasteiger partial charge in [-0.15, -0.1) is 0 Å². The second-order valence-corrected chi connectivity index (χ2v) is 21.0. The van der Waals surface area contributed by atoms with Crippen LogP contribution in [0.5, 0.6) is 11.5 Å². The molecule has 1 aliphatic carbocycles. The van der Waals surface area contributed by atoms with Gasteiger partial charge in [-0.25, -0.2) is 4.42 Å². The fourth-order valence-corrected chi connectivity index (χ4v) is 8.24. The van der Waals surface area contributed by atoms with Crippen molar-refractivity contribution >= 4 is 23.4 Å².